The second-order valence-electron chi connectivity index (χ2n) is 8.49. The second-order valence-corrected chi connectivity index (χ2v) is 8.49. The van der Waals surface area contributed by atoms with Crippen molar-refractivity contribution in [2.45, 2.75) is 43.5 Å². The second kappa shape index (κ2) is 10.4. The summed E-state index contributed by atoms with van der Waals surface area (Å²) in [6, 6.07) is 8.94. The molecule has 0 unspecified atom stereocenters. The fourth-order valence-electron chi connectivity index (χ4n) is 3.97. The first-order chi connectivity index (χ1) is 16.3. The van der Waals surface area contributed by atoms with Crippen LogP contribution in [0.15, 0.2) is 43.0 Å². The van der Waals surface area contributed by atoms with Gasteiger partial charge in [0, 0.05) is 13.1 Å². The molecule has 12 heteroatoms. The fraction of sp³-hybridized carbons (Fsp3) is 0.455. The first-order valence-corrected chi connectivity index (χ1v) is 11.1. The number of nitrogens with one attached hydrogen (secondary N) is 1. The van der Waals surface area contributed by atoms with Gasteiger partial charge >= 0.3 is 0 Å². The summed E-state index contributed by atoms with van der Waals surface area (Å²) >= 11 is 0. The van der Waals surface area contributed by atoms with Gasteiger partial charge in [-0.2, -0.15) is 0 Å². The molecular formula is C22H30N8O4. The third-order valence-corrected chi connectivity index (χ3v) is 5.96. The summed E-state index contributed by atoms with van der Waals surface area (Å²) in [6.45, 7) is 1.26. The van der Waals surface area contributed by atoms with Crippen molar-refractivity contribution in [3.63, 3.8) is 0 Å². The SMILES string of the molecule is CN(CC[C@H](N)C(=O)NCc1ccccc1)C[C@H]1O[C@@H](n2cnc3c(N)ncnc32)[C@H](O)[C@@H]1O. The highest BCUT2D eigenvalue weighted by atomic mass is 16.6. The lowest BCUT2D eigenvalue weighted by Crippen LogP contribution is -2.44. The maximum absolute atomic E-state index is 12.3. The lowest BCUT2D eigenvalue weighted by molar-refractivity contribution is -0.122. The number of hydrogen-bond acceptors (Lipinski definition) is 10. The van der Waals surface area contributed by atoms with Gasteiger partial charge in [0.2, 0.25) is 5.91 Å². The number of aliphatic hydroxyl groups is 2. The topological polar surface area (TPSA) is 178 Å². The van der Waals surface area contributed by atoms with Crippen LogP contribution in [0.4, 0.5) is 5.82 Å². The molecule has 0 bridgehead atoms. The van der Waals surface area contributed by atoms with Gasteiger partial charge in [-0.3, -0.25) is 9.36 Å². The number of aliphatic hydroxyl groups excluding tert-OH is 2. The van der Waals surface area contributed by atoms with Crippen molar-refractivity contribution in [3.8, 4) is 0 Å². The number of nitrogens with two attached hydrogens (primary N) is 2. The number of likely N-dealkylation sites (N-methyl/N-ethyl adjacent to an activating group) is 1. The molecule has 7 N–H and O–H groups in total. The Bertz CT molecular complexity index is 1110. The molecular weight excluding hydrogens is 440 g/mol. The van der Waals surface area contributed by atoms with Crippen LogP contribution >= 0.6 is 0 Å². The predicted molar refractivity (Wildman–Crippen MR) is 124 cm³/mol. The van der Waals surface area contributed by atoms with Crippen LogP contribution in [0.1, 0.15) is 18.2 Å². The predicted octanol–water partition coefficient (Wildman–Crippen LogP) is -1.01. The molecule has 34 heavy (non-hydrogen) atoms. The summed E-state index contributed by atoms with van der Waals surface area (Å²) in [6.07, 6.45) is -0.657. The molecule has 12 nitrogen and oxygen atoms in total. The summed E-state index contributed by atoms with van der Waals surface area (Å²) in [5.41, 5.74) is 13.7. The molecule has 4 rings (SSSR count). The van der Waals surface area contributed by atoms with Crippen LogP contribution in [0.2, 0.25) is 0 Å². The van der Waals surface area contributed by atoms with Gasteiger partial charge in [-0.25, -0.2) is 15.0 Å². The van der Waals surface area contributed by atoms with E-state index in [0.717, 1.165) is 5.56 Å². The number of amides is 1. The van der Waals surface area contributed by atoms with Crippen LogP contribution in [0.3, 0.4) is 0 Å². The van der Waals surface area contributed by atoms with E-state index >= 15 is 0 Å². The number of benzene rings is 1. The normalized spacial score (nSPS) is 23.4. The molecule has 1 aromatic carbocycles. The highest BCUT2D eigenvalue weighted by molar-refractivity contribution is 5.81. The number of carbonyl (C=O) groups excluding carboxylic acids is 1. The lowest BCUT2D eigenvalue weighted by atomic mass is 10.1. The smallest absolute Gasteiger partial charge is 0.237 e. The van der Waals surface area contributed by atoms with Gasteiger partial charge in [-0.05, 0) is 25.6 Å². The minimum absolute atomic E-state index is 0.220. The Morgan fingerprint density at radius 2 is 2.00 bits per heavy atom. The monoisotopic (exact) mass is 470 g/mol. The van der Waals surface area contributed by atoms with E-state index in [0.29, 0.717) is 37.2 Å². The number of hydrogen-bond donors (Lipinski definition) is 5. The number of nitrogen functional groups attached to an aromatic ring is 1. The maximum Gasteiger partial charge on any atom is 0.237 e. The third kappa shape index (κ3) is 5.16. The van der Waals surface area contributed by atoms with Crippen molar-refractivity contribution >= 4 is 22.9 Å². The Kier molecular flexibility index (Phi) is 7.34. The molecule has 3 heterocycles. The molecule has 5 atom stereocenters. The number of carbonyl (C=O) groups is 1. The average Bonchev–Trinajstić information content (AvgIpc) is 3.39. The lowest BCUT2D eigenvalue weighted by Gasteiger charge is -2.23. The van der Waals surface area contributed by atoms with Crippen LogP contribution in [-0.2, 0) is 16.1 Å². The summed E-state index contributed by atoms with van der Waals surface area (Å²) in [7, 11) is 1.84. The zero-order valence-corrected chi connectivity index (χ0v) is 18.9. The fourth-order valence-corrected chi connectivity index (χ4v) is 3.97. The molecule has 0 aliphatic carbocycles. The third-order valence-electron chi connectivity index (χ3n) is 5.96. The number of fused-ring (bicyclic) bond motifs is 1. The largest absolute Gasteiger partial charge is 0.387 e. The average molecular weight is 471 g/mol. The van der Waals surface area contributed by atoms with Crippen molar-refractivity contribution in [1.82, 2.24) is 29.7 Å². The summed E-state index contributed by atoms with van der Waals surface area (Å²) in [4.78, 5) is 26.5. The van der Waals surface area contributed by atoms with Gasteiger partial charge < -0.3 is 36.6 Å². The number of rotatable bonds is 9. The number of imidazole rings is 1. The quantitative estimate of drug-likeness (QED) is 0.260. The van der Waals surface area contributed by atoms with E-state index < -0.39 is 30.6 Å². The minimum Gasteiger partial charge on any atom is -0.387 e. The molecule has 0 spiro atoms. The van der Waals surface area contributed by atoms with E-state index in [1.807, 2.05) is 42.3 Å². The molecule has 1 saturated heterocycles. The van der Waals surface area contributed by atoms with Gasteiger partial charge in [0.25, 0.3) is 0 Å². The Morgan fingerprint density at radius 1 is 1.24 bits per heavy atom. The molecule has 0 saturated carbocycles. The van der Waals surface area contributed by atoms with E-state index in [-0.39, 0.29) is 11.7 Å². The number of ether oxygens (including phenoxy) is 1. The van der Waals surface area contributed by atoms with Crippen molar-refractivity contribution in [1.29, 1.82) is 0 Å². The molecule has 2 aromatic heterocycles. The van der Waals surface area contributed by atoms with Gasteiger partial charge in [-0.15, -0.1) is 0 Å². The Hall–Kier alpha value is -3.16. The highest BCUT2D eigenvalue weighted by Gasteiger charge is 2.44. The van der Waals surface area contributed by atoms with Gasteiger partial charge in [0.15, 0.2) is 17.7 Å². The zero-order valence-electron chi connectivity index (χ0n) is 18.9. The Morgan fingerprint density at radius 3 is 2.76 bits per heavy atom. The van der Waals surface area contributed by atoms with Crippen molar-refractivity contribution in [2.24, 2.45) is 5.73 Å². The van der Waals surface area contributed by atoms with Crippen LogP contribution in [0.5, 0.6) is 0 Å². The first-order valence-electron chi connectivity index (χ1n) is 11.1. The van der Waals surface area contributed by atoms with Crippen molar-refractivity contribution in [2.75, 3.05) is 25.9 Å². The molecule has 182 valence electrons. The number of anilines is 1. The Balaban J connectivity index is 1.28. The van der Waals surface area contributed by atoms with E-state index in [2.05, 4.69) is 20.3 Å². The van der Waals surface area contributed by atoms with Gasteiger partial charge in [0.05, 0.1) is 12.4 Å². The van der Waals surface area contributed by atoms with Crippen LogP contribution in [-0.4, -0.2) is 85.0 Å². The first kappa shape index (κ1) is 24.0. The van der Waals surface area contributed by atoms with Crippen LogP contribution in [0, 0.1) is 0 Å². The number of aromatic nitrogens is 4. The molecule has 3 aromatic rings. The van der Waals surface area contributed by atoms with E-state index in [1.54, 1.807) is 0 Å². The van der Waals surface area contributed by atoms with E-state index in [9.17, 15) is 15.0 Å². The van der Waals surface area contributed by atoms with E-state index in [4.69, 9.17) is 16.2 Å². The van der Waals surface area contributed by atoms with Crippen molar-refractivity contribution < 1.29 is 19.7 Å². The highest BCUT2D eigenvalue weighted by Crippen LogP contribution is 2.32. The van der Waals surface area contributed by atoms with Crippen LogP contribution in [0.25, 0.3) is 11.2 Å². The summed E-state index contributed by atoms with van der Waals surface area (Å²) < 4.78 is 7.50. The zero-order chi connectivity index (χ0) is 24.2. The standard InChI is InChI=1S/C22H30N8O4/c1-29(8-7-14(23)21(33)25-9-13-5-3-2-4-6-13)10-15-17(31)18(32)22(34-15)30-12-28-16-19(24)26-11-27-20(16)30/h2-6,11-12,14-15,17-18,22,31-32H,7-10,23H2,1H3,(H,25,33)(H2,24,26,27)/t14-,15+,17+,18+,22+/m0/s1. The summed E-state index contributed by atoms with van der Waals surface area (Å²) in [5.74, 6) is -0.00430. The summed E-state index contributed by atoms with van der Waals surface area (Å²) in [5, 5.41) is 24.0. The molecule has 1 fully saturated rings. The minimum atomic E-state index is -1.18. The molecule has 1 aliphatic heterocycles. The molecule has 1 amide bonds. The molecule has 0 radical (unpaired) electrons. The van der Waals surface area contributed by atoms with Crippen LogP contribution < -0.4 is 16.8 Å². The maximum atomic E-state index is 12.3. The number of nitrogens with zero attached hydrogens (tertiary/aromatic N) is 5. The van der Waals surface area contributed by atoms with Gasteiger partial charge in [-0.1, -0.05) is 30.3 Å². The van der Waals surface area contributed by atoms with Gasteiger partial charge in [0.1, 0.15) is 30.2 Å². The van der Waals surface area contributed by atoms with E-state index in [1.165, 1.54) is 17.2 Å². The molecule has 1 aliphatic rings. The Labute approximate surface area is 196 Å². The van der Waals surface area contributed by atoms with Crippen molar-refractivity contribution in [3.05, 3.63) is 48.5 Å².